The van der Waals surface area contributed by atoms with Gasteiger partial charge in [-0.05, 0) is 59.5 Å². The molecule has 0 bridgehead atoms. The molecule has 3 aromatic heterocycles. The summed E-state index contributed by atoms with van der Waals surface area (Å²) in [7, 11) is 0. The van der Waals surface area contributed by atoms with Crippen LogP contribution in [0.2, 0.25) is 0 Å². The maximum atomic E-state index is 6.90. The van der Waals surface area contributed by atoms with E-state index in [1.807, 2.05) is 23.1 Å². The molecule has 0 N–H and O–H groups in total. The van der Waals surface area contributed by atoms with Crippen LogP contribution in [-0.4, -0.2) is 15.8 Å². The van der Waals surface area contributed by atoms with Crippen LogP contribution in [0.5, 0.6) is 11.5 Å². The van der Waals surface area contributed by atoms with Gasteiger partial charge in [-0.15, -0.1) is 11.3 Å². The number of hydrogen-bond donors (Lipinski definition) is 0. The van der Waals surface area contributed by atoms with Crippen molar-refractivity contribution >= 4 is 110 Å². The Kier molecular flexibility index (Phi) is 5.80. The summed E-state index contributed by atoms with van der Waals surface area (Å²) in [6.45, 7) is 0.123. The van der Waals surface area contributed by atoms with Crippen LogP contribution in [0.3, 0.4) is 0 Å². The van der Waals surface area contributed by atoms with Gasteiger partial charge in [0.05, 0.1) is 27.8 Å². The van der Waals surface area contributed by atoms with Crippen molar-refractivity contribution in [2.45, 2.75) is 9.79 Å². The highest BCUT2D eigenvalue weighted by atomic mass is 32.2. The third-order valence-electron chi connectivity index (χ3n) is 11.6. The second-order valence-corrected chi connectivity index (χ2v) is 16.5. The van der Waals surface area contributed by atoms with Gasteiger partial charge in [-0.2, -0.15) is 0 Å². The fraction of sp³-hybridized carbons (Fsp3) is 0. The van der Waals surface area contributed by atoms with Gasteiger partial charge in [0.2, 0.25) is 0 Å². The van der Waals surface area contributed by atoms with Gasteiger partial charge < -0.3 is 13.9 Å². The first kappa shape index (κ1) is 29.3. The Morgan fingerprint density at radius 1 is 0.463 bits per heavy atom. The first-order valence-electron chi connectivity index (χ1n) is 18.4. The quantitative estimate of drug-likeness (QED) is 0.166. The molecule has 0 amide bonds. The minimum atomic E-state index is 0.123. The first-order valence-corrected chi connectivity index (χ1v) is 20.0. The molecule has 0 radical (unpaired) electrons. The van der Waals surface area contributed by atoms with Crippen LogP contribution in [0.1, 0.15) is 0 Å². The van der Waals surface area contributed by atoms with Crippen molar-refractivity contribution in [3.05, 3.63) is 164 Å². The van der Waals surface area contributed by atoms with E-state index >= 15 is 0 Å². The molecule has 2 aliphatic rings. The third kappa shape index (κ3) is 3.74. The van der Waals surface area contributed by atoms with Crippen molar-refractivity contribution in [3.63, 3.8) is 0 Å². The van der Waals surface area contributed by atoms with Gasteiger partial charge in [0.1, 0.15) is 11.5 Å². The molecule has 8 aromatic carbocycles. The Labute approximate surface area is 318 Å². The molecule has 11 aromatic rings. The van der Waals surface area contributed by atoms with Crippen LogP contribution in [0, 0.1) is 0 Å². The monoisotopic (exact) mass is 722 g/mol. The van der Waals surface area contributed by atoms with Gasteiger partial charge in [-0.1, -0.05) is 126 Å². The summed E-state index contributed by atoms with van der Waals surface area (Å²) in [4.78, 5) is 2.55. The maximum absolute atomic E-state index is 6.90. The topological polar surface area (TPSA) is 19.1 Å². The first-order chi connectivity index (χ1) is 26.8. The second kappa shape index (κ2) is 10.7. The fourth-order valence-corrected chi connectivity index (χ4v) is 12.0. The standard InChI is InChI=1S/C48H27BN2OS2/c1-2-14-28(15-3-1)50-35-21-9-4-16-30(35)42-46-43(48-44(47(42)50)32-18-6-12-24-39(32)54-48)31-17-5-10-22-36(31)51(46)29-26-38-45-41(27-29)53-40-25-13-8-20-34(40)49(45)33-19-7-11-23-37(33)52-38/h1-27H. The van der Waals surface area contributed by atoms with E-state index in [1.165, 1.54) is 90.0 Å². The number of thiophene rings is 1. The molecule has 0 fully saturated rings. The number of ether oxygens (including phenoxy) is 1. The maximum Gasteiger partial charge on any atom is 0.253 e. The van der Waals surface area contributed by atoms with E-state index < -0.39 is 0 Å². The van der Waals surface area contributed by atoms with Crippen LogP contribution in [0.15, 0.2) is 174 Å². The molecule has 0 unspecified atom stereocenters. The Balaban J connectivity index is 1.24. The lowest BCUT2D eigenvalue weighted by molar-refractivity contribution is 0.486. The second-order valence-electron chi connectivity index (χ2n) is 14.4. The number of aromatic nitrogens is 2. The molecule has 54 heavy (non-hydrogen) atoms. The van der Waals surface area contributed by atoms with Crippen LogP contribution < -0.4 is 21.1 Å². The summed E-state index contributed by atoms with van der Waals surface area (Å²) in [6, 6.07) is 59.9. The number of fused-ring (bicyclic) bond motifs is 16. The Morgan fingerprint density at radius 3 is 1.89 bits per heavy atom. The van der Waals surface area contributed by atoms with Crippen molar-refractivity contribution in [2.24, 2.45) is 0 Å². The van der Waals surface area contributed by atoms with E-state index in [0.717, 1.165) is 22.9 Å². The van der Waals surface area contributed by atoms with Crippen LogP contribution in [0.4, 0.5) is 0 Å². The summed E-state index contributed by atoms with van der Waals surface area (Å²) >= 11 is 3.78. The normalized spacial score (nSPS) is 13.2. The molecule has 250 valence electrons. The van der Waals surface area contributed by atoms with E-state index in [-0.39, 0.29) is 6.71 Å². The van der Waals surface area contributed by atoms with Gasteiger partial charge in [0, 0.05) is 63.3 Å². The summed E-state index contributed by atoms with van der Waals surface area (Å²) in [6.07, 6.45) is 0. The lowest BCUT2D eigenvalue weighted by atomic mass is 9.35. The minimum Gasteiger partial charge on any atom is -0.458 e. The molecule has 6 heteroatoms. The molecule has 0 aliphatic carbocycles. The van der Waals surface area contributed by atoms with Crippen LogP contribution in [-0.2, 0) is 0 Å². The Morgan fingerprint density at radius 2 is 1.07 bits per heavy atom. The van der Waals surface area contributed by atoms with E-state index in [1.54, 1.807) is 0 Å². The average molecular weight is 723 g/mol. The van der Waals surface area contributed by atoms with E-state index in [0.29, 0.717) is 0 Å². The smallest absolute Gasteiger partial charge is 0.253 e. The van der Waals surface area contributed by atoms with Gasteiger partial charge in [0.15, 0.2) is 0 Å². The zero-order valence-electron chi connectivity index (χ0n) is 28.8. The predicted molar refractivity (Wildman–Crippen MR) is 230 cm³/mol. The molecule has 0 spiro atoms. The summed E-state index contributed by atoms with van der Waals surface area (Å²) < 4.78 is 14.6. The van der Waals surface area contributed by atoms with Crippen molar-refractivity contribution in [1.29, 1.82) is 0 Å². The molecular weight excluding hydrogens is 695 g/mol. The largest absolute Gasteiger partial charge is 0.458 e. The van der Waals surface area contributed by atoms with E-state index in [2.05, 4.69) is 173 Å². The van der Waals surface area contributed by atoms with Crippen molar-refractivity contribution < 1.29 is 4.74 Å². The average Bonchev–Trinajstić information content (AvgIpc) is 3.89. The van der Waals surface area contributed by atoms with Crippen molar-refractivity contribution in [3.8, 4) is 22.9 Å². The molecular formula is C48H27BN2OS2. The SMILES string of the molecule is c1ccc(-n2c3ccccc3c3c4c(c5ccccc5n4-c4cc5c6c(c4)Sc4ccccc4B6c4ccccc4O5)c4sc5ccccc5c4c32)cc1. The lowest BCUT2D eigenvalue weighted by Gasteiger charge is -2.33. The zero-order chi connectivity index (χ0) is 35.1. The summed E-state index contributed by atoms with van der Waals surface area (Å²) in [5.74, 6) is 1.87. The van der Waals surface area contributed by atoms with Gasteiger partial charge in [-0.25, -0.2) is 0 Å². The van der Waals surface area contributed by atoms with E-state index in [9.17, 15) is 0 Å². The highest BCUT2D eigenvalue weighted by Gasteiger charge is 2.39. The molecule has 0 saturated carbocycles. The summed E-state index contributed by atoms with van der Waals surface area (Å²) in [5.41, 5.74) is 11.0. The number of rotatable bonds is 2. The number of hydrogen-bond acceptors (Lipinski definition) is 3. The molecule has 0 atom stereocenters. The Bertz CT molecular complexity index is 3340. The molecule has 13 rings (SSSR count). The highest BCUT2D eigenvalue weighted by Crippen LogP contribution is 2.51. The highest BCUT2D eigenvalue weighted by molar-refractivity contribution is 8.00. The summed E-state index contributed by atoms with van der Waals surface area (Å²) in [5, 5.41) is 7.69. The van der Waals surface area contributed by atoms with Gasteiger partial charge in [0.25, 0.3) is 6.71 Å². The van der Waals surface area contributed by atoms with Crippen molar-refractivity contribution in [1.82, 2.24) is 9.13 Å². The van der Waals surface area contributed by atoms with Crippen LogP contribution in [0.25, 0.3) is 75.2 Å². The number of benzene rings is 8. The minimum absolute atomic E-state index is 0.123. The molecule has 5 heterocycles. The van der Waals surface area contributed by atoms with Gasteiger partial charge in [-0.3, -0.25) is 0 Å². The molecule has 0 saturated heterocycles. The number of nitrogens with zero attached hydrogens (tertiary/aromatic N) is 2. The zero-order valence-corrected chi connectivity index (χ0v) is 30.4. The van der Waals surface area contributed by atoms with Gasteiger partial charge >= 0.3 is 0 Å². The molecule has 2 aliphatic heterocycles. The molecule has 3 nitrogen and oxygen atoms in total. The fourth-order valence-electron chi connectivity index (χ4n) is 9.50. The lowest BCUT2D eigenvalue weighted by Crippen LogP contribution is -2.57. The third-order valence-corrected chi connectivity index (χ3v) is 13.9. The predicted octanol–water partition coefficient (Wildman–Crippen LogP) is 11.3. The van der Waals surface area contributed by atoms with E-state index in [4.69, 9.17) is 4.74 Å². The number of para-hydroxylation sites is 4. The van der Waals surface area contributed by atoms with Crippen LogP contribution >= 0.6 is 23.1 Å². The van der Waals surface area contributed by atoms with Crippen molar-refractivity contribution in [2.75, 3.05) is 0 Å². The Hall–Kier alpha value is -6.21.